The van der Waals surface area contributed by atoms with Crippen molar-refractivity contribution in [2.75, 3.05) is 23.8 Å². The quantitative estimate of drug-likeness (QED) is 0.838. The maximum absolute atomic E-state index is 12.8. The van der Waals surface area contributed by atoms with E-state index in [1.165, 1.54) is 4.90 Å². The standard InChI is InChI=1S/C13H26N2O3S2/c1-6-20(17,18)10-9-19-8-7-15(10)11(16)12(2,3)13(4,5)14/h10H,6-9,14H2,1-5H3. The average Bonchev–Trinajstić information content (AvgIpc) is 2.36. The molecule has 1 rings (SSSR count). The van der Waals surface area contributed by atoms with E-state index in [0.717, 1.165) is 5.75 Å². The van der Waals surface area contributed by atoms with Crippen LogP contribution in [0.15, 0.2) is 0 Å². The lowest BCUT2D eigenvalue weighted by atomic mass is 9.74. The molecule has 20 heavy (non-hydrogen) atoms. The van der Waals surface area contributed by atoms with Crippen LogP contribution >= 0.6 is 11.8 Å². The van der Waals surface area contributed by atoms with Gasteiger partial charge < -0.3 is 10.6 Å². The molecular formula is C13H26N2O3S2. The predicted molar refractivity (Wildman–Crippen MR) is 84.3 cm³/mol. The molecule has 1 unspecified atom stereocenters. The molecule has 0 aliphatic carbocycles. The highest BCUT2D eigenvalue weighted by Crippen LogP contribution is 2.33. The van der Waals surface area contributed by atoms with Gasteiger partial charge in [-0.2, -0.15) is 11.8 Å². The number of thioether (sulfide) groups is 1. The van der Waals surface area contributed by atoms with Gasteiger partial charge >= 0.3 is 0 Å². The van der Waals surface area contributed by atoms with Gasteiger partial charge in [-0.05, 0) is 27.7 Å². The molecule has 5 nitrogen and oxygen atoms in total. The van der Waals surface area contributed by atoms with E-state index in [-0.39, 0.29) is 11.7 Å². The van der Waals surface area contributed by atoms with Crippen LogP contribution < -0.4 is 5.73 Å². The molecule has 0 bridgehead atoms. The molecule has 1 fully saturated rings. The molecule has 1 saturated heterocycles. The van der Waals surface area contributed by atoms with Crippen LogP contribution in [-0.4, -0.2) is 53.9 Å². The number of amides is 1. The first-order chi connectivity index (χ1) is 8.95. The topological polar surface area (TPSA) is 80.5 Å². The zero-order chi connectivity index (χ0) is 15.8. The first-order valence-electron chi connectivity index (χ1n) is 6.84. The third-order valence-electron chi connectivity index (χ3n) is 4.31. The van der Waals surface area contributed by atoms with Crippen molar-refractivity contribution in [3.8, 4) is 0 Å². The van der Waals surface area contributed by atoms with E-state index in [0.29, 0.717) is 12.3 Å². The summed E-state index contributed by atoms with van der Waals surface area (Å²) in [5, 5.41) is -0.722. The van der Waals surface area contributed by atoms with Gasteiger partial charge in [0.1, 0.15) is 5.37 Å². The van der Waals surface area contributed by atoms with E-state index in [4.69, 9.17) is 5.73 Å². The SMILES string of the molecule is CCS(=O)(=O)C1CSCCN1C(=O)C(C)(C)C(C)(C)N. The Hall–Kier alpha value is -0.270. The number of nitrogens with zero attached hydrogens (tertiary/aromatic N) is 1. The van der Waals surface area contributed by atoms with Gasteiger partial charge in [0.15, 0.2) is 9.84 Å². The summed E-state index contributed by atoms with van der Waals surface area (Å²) in [5.74, 6) is 1.09. The zero-order valence-corrected chi connectivity index (χ0v) is 14.6. The van der Waals surface area contributed by atoms with Crippen molar-refractivity contribution in [3.05, 3.63) is 0 Å². The van der Waals surface area contributed by atoms with Crippen molar-refractivity contribution in [1.29, 1.82) is 0 Å². The minimum Gasteiger partial charge on any atom is -0.325 e. The summed E-state index contributed by atoms with van der Waals surface area (Å²) >= 11 is 1.58. The summed E-state index contributed by atoms with van der Waals surface area (Å²) < 4.78 is 24.4. The van der Waals surface area contributed by atoms with Gasteiger partial charge in [-0.3, -0.25) is 4.79 Å². The normalized spacial score (nSPS) is 21.9. The Morgan fingerprint density at radius 1 is 1.35 bits per heavy atom. The molecule has 0 aromatic rings. The number of hydrogen-bond acceptors (Lipinski definition) is 5. The van der Waals surface area contributed by atoms with Crippen molar-refractivity contribution in [2.45, 2.75) is 45.5 Å². The molecule has 1 amide bonds. The Kier molecular flexibility index (Phi) is 5.20. The van der Waals surface area contributed by atoms with Crippen LogP contribution in [0.5, 0.6) is 0 Å². The van der Waals surface area contributed by atoms with Crippen LogP contribution in [-0.2, 0) is 14.6 Å². The van der Waals surface area contributed by atoms with E-state index in [9.17, 15) is 13.2 Å². The molecule has 1 atom stereocenters. The van der Waals surface area contributed by atoms with Crippen molar-refractivity contribution in [1.82, 2.24) is 4.90 Å². The van der Waals surface area contributed by atoms with Crippen LogP contribution in [0.4, 0.5) is 0 Å². The summed E-state index contributed by atoms with van der Waals surface area (Å²) in [4.78, 5) is 14.3. The van der Waals surface area contributed by atoms with Crippen LogP contribution in [0.3, 0.4) is 0 Å². The lowest BCUT2D eigenvalue weighted by molar-refractivity contribution is -0.143. The minimum absolute atomic E-state index is 0.0501. The third-order valence-corrected chi connectivity index (χ3v) is 7.60. The molecule has 7 heteroatoms. The molecule has 1 heterocycles. The molecule has 0 radical (unpaired) electrons. The van der Waals surface area contributed by atoms with E-state index >= 15 is 0 Å². The minimum atomic E-state index is -3.28. The summed E-state index contributed by atoms with van der Waals surface area (Å²) in [6.07, 6.45) is 0. The zero-order valence-electron chi connectivity index (χ0n) is 13.0. The highest BCUT2D eigenvalue weighted by molar-refractivity contribution is 8.01. The molecule has 118 valence electrons. The van der Waals surface area contributed by atoms with E-state index in [2.05, 4.69) is 0 Å². The van der Waals surface area contributed by atoms with Crippen molar-refractivity contribution >= 4 is 27.5 Å². The maximum Gasteiger partial charge on any atom is 0.231 e. The molecule has 1 aliphatic rings. The van der Waals surface area contributed by atoms with Gasteiger partial charge in [0.05, 0.1) is 5.41 Å². The lowest BCUT2D eigenvalue weighted by Gasteiger charge is -2.44. The predicted octanol–water partition coefficient (Wildman–Crippen LogP) is 1.09. The monoisotopic (exact) mass is 322 g/mol. The Balaban J connectivity index is 3.12. The lowest BCUT2D eigenvalue weighted by Crippen LogP contribution is -2.61. The van der Waals surface area contributed by atoms with Crippen molar-refractivity contribution in [3.63, 3.8) is 0 Å². The number of carbonyl (C=O) groups is 1. The number of carbonyl (C=O) groups excluding carboxylic acids is 1. The second-order valence-corrected chi connectivity index (χ2v) is 9.92. The van der Waals surface area contributed by atoms with Gasteiger partial charge in [-0.15, -0.1) is 0 Å². The van der Waals surface area contributed by atoms with Gasteiger partial charge in [0.2, 0.25) is 5.91 Å². The Morgan fingerprint density at radius 2 is 1.90 bits per heavy atom. The molecule has 0 saturated carbocycles. The smallest absolute Gasteiger partial charge is 0.231 e. The molecule has 0 spiro atoms. The van der Waals surface area contributed by atoms with Crippen LogP contribution in [0, 0.1) is 5.41 Å². The summed E-state index contributed by atoms with van der Waals surface area (Å²) in [7, 11) is -3.28. The molecule has 2 N–H and O–H groups in total. The largest absolute Gasteiger partial charge is 0.325 e. The molecule has 1 aliphatic heterocycles. The van der Waals surface area contributed by atoms with Crippen molar-refractivity contribution in [2.24, 2.45) is 11.1 Å². The van der Waals surface area contributed by atoms with E-state index in [1.807, 2.05) is 0 Å². The van der Waals surface area contributed by atoms with Crippen LogP contribution in [0.25, 0.3) is 0 Å². The fraction of sp³-hybridized carbons (Fsp3) is 0.923. The third kappa shape index (κ3) is 3.31. The highest BCUT2D eigenvalue weighted by atomic mass is 32.2. The number of nitrogens with two attached hydrogens (primary N) is 1. The van der Waals surface area contributed by atoms with Gasteiger partial charge in [0.25, 0.3) is 0 Å². The van der Waals surface area contributed by atoms with E-state index < -0.39 is 26.2 Å². The molecule has 0 aromatic heterocycles. The first kappa shape index (κ1) is 17.8. The number of rotatable bonds is 4. The van der Waals surface area contributed by atoms with Crippen molar-refractivity contribution < 1.29 is 13.2 Å². The molecule has 0 aromatic carbocycles. The van der Waals surface area contributed by atoms with Gasteiger partial charge in [-0.1, -0.05) is 6.92 Å². The van der Waals surface area contributed by atoms with Gasteiger partial charge in [0, 0.05) is 29.3 Å². The first-order valence-corrected chi connectivity index (χ1v) is 9.71. The Morgan fingerprint density at radius 3 is 2.35 bits per heavy atom. The highest BCUT2D eigenvalue weighted by Gasteiger charge is 2.47. The maximum atomic E-state index is 12.8. The number of hydrogen-bond donors (Lipinski definition) is 1. The summed E-state index contributed by atoms with van der Waals surface area (Å²) in [5.41, 5.74) is 4.58. The van der Waals surface area contributed by atoms with E-state index in [1.54, 1.807) is 46.4 Å². The average molecular weight is 322 g/mol. The Labute approximate surface area is 126 Å². The Bertz CT molecular complexity index is 466. The second-order valence-electron chi connectivity index (χ2n) is 6.33. The van der Waals surface area contributed by atoms with Crippen LogP contribution in [0.1, 0.15) is 34.6 Å². The second kappa shape index (κ2) is 5.85. The summed E-state index contributed by atoms with van der Waals surface area (Å²) in [6.45, 7) is 9.25. The number of sulfone groups is 1. The van der Waals surface area contributed by atoms with Crippen LogP contribution in [0.2, 0.25) is 0 Å². The fourth-order valence-electron chi connectivity index (χ4n) is 1.94. The molecular weight excluding hydrogens is 296 g/mol. The van der Waals surface area contributed by atoms with Gasteiger partial charge in [-0.25, -0.2) is 8.42 Å². The summed E-state index contributed by atoms with van der Waals surface area (Å²) in [6, 6.07) is 0. The fourth-order valence-corrected chi connectivity index (χ4v) is 4.90.